The molecule has 23 heavy (non-hydrogen) atoms. The summed E-state index contributed by atoms with van der Waals surface area (Å²) in [5.41, 5.74) is 1.02. The van der Waals surface area contributed by atoms with E-state index in [1.807, 2.05) is 19.1 Å². The Labute approximate surface area is 139 Å². The van der Waals surface area contributed by atoms with Gasteiger partial charge in [0.15, 0.2) is 0 Å². The van der Waals surface area contributed by atoms with Crippen molar-refractivity contribution in [2.45, 2.75) is 18.4 Å². The molecule has 0 aliphatic carbocycles. The van der Waals surface area contributed by atoms with Crippen molar-refractivity contribution >= 4 is 27.0 Å². The highest BCUT2D eigenvalue weighted by molar-refractivity contribution is 7.89. The van der Waals surface area contributed by atoms with Crippen molar-refractivity contribution in [3.05, 3.63) is 34.3 Å². The van der Waals surface area contributed by atoms with E-state index in [4.69, 9.17) is 5.14 Å². The van der Waals surface area contributed by atoms with Crippen molar-refractivity contribution in [3.63, 3.8) is 0 Å². The van der Waals surface area contributed by atoms with Crippen molar-refractivity contribution in [2.75, 3.05) is 31.1 Å². The van der Waals surface area contributed by atoms with E-state index < -0.39 is 10.0 Å². The maximum absolute atomic E-state index is 11.3. The molecule has 0 unspecified atom stereocenters. The molecule has 0 saturated carbocycles. The highest BCUT2D eigenvalue weighted by Gasteiger charge is 2.19. The van der Waals surface area contributed by atoms with Crippen molar-refractivity contribution in [1.82, 2.24) is 15.1 Å². The number of benzene rings is 1. The first-order valence-electron chi connectivity index (χ1n) is 7.31. The van der Waals surface area contributed by atoms with Crippen LogP contribution in [-0.4, -0.2) is 49.7 Å². The number of sulfonamides is 1. The topological polar surface area (TPSA) is 92.4 Å². The maximum atomic E-state index is 11.3. The van der Waals surface area contributed by atoms with Gasteiger partial charge >= 0.3 is 0 Å². The van der Waals surface area contributed by atoms with Gasteiger partial charge in [0.05, 0.1) is 11.4 Å². The van der Waals surface area contributed by atoms with Crippen LogP contribution in [0.1, 0.15) is 10.0 Å². The van der Waals surface area contributed by atoms with Crippen molar-refractivity contribution in [2.24, 2.45) is 5.14 Å². The number of aryl methyl sites for hydroxylation is 1. The summed E-state index contributed by atoms with van der Waals surface area (Å²) in [6.07, 6.45) is 0. The predicted molar refractivity (Wildman–Crippen MR) is 90.0 cm³/mol. The Morgan fingerprint density at radius 1 is 1.13 bits per heavy atom. The number of anilines is 1. The molecular weight excluding hydrogens is 334 g/mol. The third kappa shape index (κ3) is 4.05. The van der Waals surface area contributed by atoms with Gasteiger partial charge in [0.1, 0.15) is 10.0 Å². The van der Waals surface area contributed by atoms with E-state index in [1.54, 1.807) is 23.5 Å². The minimum atomic E-state index is -3.63. The number of hydrogen-bond donors (Lipinski definition) is 1. The lowest BCUT2D eigenvalue weighted by Crippen LogP contribution is -2.45. The molecule has 9 heteroatoms. The second-order valence-corrected chi connectivity index (χ2v) is 8.34. The lowest BCUT2D eigenvalue weighted by Gasteiger charge is -2.35. The van der Waals surface area contributed by atoms with Gasteiger partial charge in [-0.25, -0.2) is 13.6 Å². The molecule has 7 nitrogen and oxygen atoms in total. The molecule has 1 aliphatic heterocycles. The zero-order valence-corrected chi connectivity index (χ0v) is 14.5. The van der Waals surface area contributed by atoms with E-state index in [9.17, 15) is 8.42 Å². The van der Waals surface area contributed by atoms with Crippen LogP contribution in [-0.2, 0) is 16.6 Å². The smallest absolute Gasteiger partial charge is 0.238 e. The van der Waals surface area contributed by atoms with Gasteiger partial charge in [0.2, 0.25) is 10.0 Å². The molecule has 1 aromatic carbocycles. The van der Waals surface area contributed by atoms with Crippen LogP contribution in [0.2, 0.25) is 0 Å². The highest BCUT2D eigenvalue weighted by Crippen LogP contribution is 2.20. The Morgan fingerprint density at radius 2 is 1.78 bits per heavy atom. The van der Waals surface area contributed by atoms with E-state index >= 15 is 0 Å². The molecule has 1 fully saturated rings. The summed E-state index contributed by atoms with van der Waals surface area (Å²) in [5, 5.41) is 15.4. The average molecular weight is 353 g/mol. The summed E-state index contributed by atoms with van der Waals surface area (Å²) >= 11 is 1.64. The Bertz CT molecular complexity index is 765. The van der Waals surface area contributed by atoms with Crippen molar-refractivity contribution < 1.29 is 8.42 Å². The van der Waals surface area contributed by atoms with E-state index in [0.29, 0.717) is 0 Å². The van der Waals surface area contributed by atoms with Crippen LogP contribution in [0.15, 0.2) is 29.2 Å². The fraction of sp³-hybridized carbons (Fsp3) is 0.429. The fourth-order valence-corrected chi connectivity index (χ4v) is 3.87. The van der Waals surface area contributed by atoms with Crippen LogP contribution in [0.5, 0.6) is 0 Å². The molecule has 0 spiro atoms. The van der Waals surface area contributed by atoms with Crippen molar-refractivity contribution in [1.29, 1.82) is 0 Å². The third-order valence-corrected chi connectivity index (χ3v) is 5.58. The number of primary sulfonamides is 1. The van der Waals surface area contributed by atoms with Gasteiger partial charge in [-0.1, -0.05) is 0 Å². The molecular formula is C14H19N5O2S2. The van der Waals surface area contributed by atoms with Crippen LogP contribution < -0.4 is 10.0 Å². The lowest BCUT2D eigenvalue weighted by atomic mass is 10.2. The Hall–Kier alpha value is -1.55. The largest absolute Gasteiger partial charge is 0.369 e. The van der Waals surface area contributed by atoms with E-state index in [0.717, 1.165) is 48.4 Å². The lowest BCUT2D eigenvalue weighted by molar-refractivity contribution is 0.249. The number of nitrogens with two attached hydrogens (primary N) is 1. The molecule has 0 bridgehead atoms. The van der Waals surface area contributed by atoms with Gasteiger partial charge < -0.3 is 4.90 Å². The summed E-state index contributed by atoms with van der Waals surface area (Å²) in [4.78, 5) is 4.75. The first-order chi connectivity index (χ1) is 10.9. The first-order valence-corrected chi connectivity index (χ1v) is 9.67. The quantitative estimate of drug-likeness (QED) is 0.875. The monoisotopic (exact) mass is 353 g/mol. The van der Waals surface area contributed by atoms with E-state index in [1.165, 1.54) is 0 Å². The van der Waals surface area contributed by atoms with Gasteiger partial charge in [0, 0.05) is 31.9 Å². The van der Waals surface area contributed by atoms with Crippen LogP contribution in [0.3, 0.4) is 0 Å². The third-order valence-electron chi connectivity index (χ3n) is 3.83. The normalized spacial score (nSPS) is 16.7. The summed E-state index contributed by atoms with van der Waals surface area (Å²) in [6, 6.07) is 6.73. The molecule has 1 aromatic heterocycles. The maximum Gasteiger partial charge on any atom is 0.238 e. The Morgan fingerprint density at radius 3 is 2.30 bits per heavy atom. The SMILES string of the molecule is Cc1nnc(CN2CCN(c3ccc(S(N)(=O)=O)cc3)CC2)s1. The van der Waals surface area contributed by atoms with E-state index in [2.05, 4.69) is 20.0 Å². The number of rotatable bonds is 4. The van der Waals surface area contributed by atoms with Crippen LogP contribution in [0, 0.1) is 6.92 Å². The highest BCUT2D eigenvalue weighted by atomic mass is 32.2. The second kappa shape index (κ2) is 6.52. The molecule has 1 saturated heterocycles. The number of piperazine rings is 1. The predicted octanol–water partition coefficient (Wildman–Crippen LogP) is 0.816. The minimum Gasteiger partial charge on any atom is -0.369 e. The Balaban J connectivity index is 1.58. The molecule has 124 valence electrons. The fourth-order valence-electron chi connectivity index (χ4n) is 2.60. The van der Waals surface area contributed by atoms with Crippen LogP contribution in [0.25, 0.3) is 0 Å². The number of aromatic nitrogens is 2. The second-order valence-electron chi connectivity index (χ2n) is 5.52. The first kappa shape index (κ1) is 16.3. The van der Waals surface area contributed by atoms with Crippen LogP contribution >= 0.6 is 11.3 Å². The van der Waals surface area contributed by atoms with Crippen molar-refractivity contribution in [3.8, 4) is 0 Å². The van der Waals surface area contributed by atoms with E-state index in [-0.39, 0.29) is 4.90 Å². The Kier molecular flexibility index (Phi) is 4.62. The van der Waals surface area contributed by atoms with Gasteiger partial charge in [0.25, 0.3) is 0 Å². The molecule has 0 radical (unpaired) electrons. The summed E-state index contributed by atoms with van der Waals surface area (Å²) in [6.45, 7) is 6.47. The standard InChI is InChI=1S/C14H19N5O2S2/c1-11-16-17-14(22-11)10-18-6-8-19(9-7-18)12-2-4-13(5-3-12)23(15,20)21/h2-5H,6-10H2,1H3,(H2,15,20,21). The zero-order valence-electron chi connectivity index (χ0n) is 12.8. The molecule has 2 N–H and O–H groups in total. The zero-order chi connectivity index (χ0) is 16.4. The molecule has 3 rings (SSSR count). The minimum absolute atomic E-state index is 0.145. The molecule has 1 aliphatic rings. The number of nitrogens with zero attached hydrogens (tertiary/aromatic N) is 4. The molecule has 0 amide bonds. The van der Waals surface area contributed by atoms with Gasteiger partial charge in [-0.2, -0.15) is 0 Å². The molecule has 2 aromatic rings. The van der Waals surface area contributed by atoms with Gasteiger partial charge in [-0.15, -0.1) is 21.5 Å². The number of hydrogen-bond acceptors (Lipinski definition) is 7. The average Bonchev–Trinajstić information content (AvgIpc) is 2.92. The summed E-state index contributed by atoms with van der Waals surface area (Å²) in [7, 11) is -3.63. The van der Waals surface area contributed by atoms with Crippen LogP contribution in [0.4, 0.5) is 5.69 Å². The molecule has 0 atom stereocenters. The van der Waals surface area contributed by atoms with Gasteiger partial charge in [-0.3, -0.25) is 4.90 Å². The molecule has 2 heterocycles. The summed E-state index contributed by atoms with van der Waals surface area (Å²) < 4.78 is 22.6. The van der Waals surface area contributed by atoms with Gasteiger partial charge in [-0.05, 0) is 31.2 Å². The summed E-state index contributed by atoms with van der Waals surface area (Å²) in [5.74, 6) is 0.